The Labute approximate surface area is 93.0 Å². The summed E-state index contributed by atoms with van der Waals surface area (Å²) in [6.07, 6.45) is 3.58. The van der Waals surface area contributed by atoms with E-state index in [1.807, 2.05) is 12.1 Å². The van der Waals surface area contributed by atoms with Crippen molar-refractivity contribution < 1.29 is 0 Å². The summed E-state index contributed by atoms with van der Waals surface area (Å²) in [5, 5.41) is 8.43. The Morgan fingerprint density at radius 2 is 1.87 bits per heavy atom. The van der Waals surface area contributed by atoms with Crippen LogP contribution in [0, 0.1) is 17.2 Å². The first-order chi connectivity index (χ1) is 7.26. The Hall–Kier alpha value is -0.850. The standard InChI is InChI=1S/C12H21N3/c1-3-14-7-9-15(10-8-14)11-12(2)5-4-6-13/h4-5,12H,3,7-11H2,1-2H3. The number of nitrogens with zero attached hydrogens (tertiary/aromatic N) is 3. The molecule has 1 unspecified atom stereocenters. The van der Waals surface area contributed by atoms with Gasteiger partial charge in [0.25, 0.3) is 0 Å². The average molecular weight is 207 g/mol. The molecule has 1 saturated heterocycles. The quantitative estimate of drug-likeness (QED) is 0.652. The van der Waals surface area contributed by atoms with E-state index < -0.39 is 0 Å². The van der Waals surface area contributed by atoms with E-state index in [2.05, 4.69) is 23.6 Å². The predicted octanol–water partition coefficient (Wildman–Crippen LogP) is 1.34. The lowest BCUT2D eigenvalue weighted by Crippen LogP contribution is -2.47. The minimum atomic E-state index is 0.484. The SMILES string of the molecule is CCN1CCN(CC(C)C=CC#N)CC1. The van der Waals surface area contributed by atoms with Crippen LogP contribution in [0.2, 0.25) is 0 Å². The molecule has 0 aromatic rings. The van der Waals surface area contributed by atoms with E-state index in [4.69, 9.17) is 5.26 Å². The Bertz CT molecular complexity index is 234. The molecule has 0 bridgehead atoms. The molecular weight excluding hydrogens is 186 g/mol. The maximum absolute atomic E-state index is 8.43. The van der Waals surface area contributed by atoms with E-state index in [1.165, 1.54) is 26.2 Å². The van der Waals surface area contributed by atoms with Crippen LogP contribution in [-0.4, -0.2) is 49.1 Å². The van der Waals surface area contributed by atoms with Crippen LogP contribution < -0.4 is 0 Å². The van der Waals surface area contributed by atoms with E-state index >= 15 is 0 Å². The molecular formula is C12H21N3. The molecule has 0 aromatic carbocycles. The molecule has 1 aliphatic rings. The van der Waals surface area contributed by atoms with Crippen molar-refractivity contribution in [1.29, 1.82) is 5.26 Å². The van der Waals surface area contributed by atoms with Crippen molar-refractivity contribution in [2.75, 3.05) is 39.3 Å². The molecule has 0 amide bonds. The van der Waals surface area contributed by atoms with E-state index in [0.717, 1.165) is 13.1 Å². The van der Waals surface area contributed by atoms with Gasteiger partial charge in [0, 0.05) is 38.8 Å². The Morgan fingerprint density at radius 3 is 2.40 bits per heavy atom. The van der Waals surface area contributed by atoms with Gasteiger partial charge in [0.1, 0.15) is 0 Å². The molecule has 1 aliphatic heterocycles. The molecule has 0 saturated carbocycles. The molecule has 84 valence electrons. The number of likely N-dealkylation sites (N-methyl/N-ethyl adjacent to an activating group) is 1. The zero-order valence-corrected chi connectivity index (χ0v) is 9.82. The number of rotatable bonds is 4. The van der Waals surface area contributed by atoms with Crippen molar-refractivity contribution in [3.05, 3.63) is 12.2 Å². The third kappa shape index (κ3) is 4.46. The highest BCUT2D eigenvalue weighted by Crippen LogP contribution is 2.06. The zero-order chi connectivity index (χ0) is 11.1. The van der Waals surface area contributed by atoms with Crippen molar-refractivity contribution >= 4 is 0 Å². The third-order valence-corrected chi connectivity index (χ3v) is 2.96. The van der Waals surface area contributed by atoms with E-state index in [1.54, 1.807) is 6.08 Å². The van der Waals surface area contributed by atoms with Crippen molar-refractivity contribution in [3.8, 4) is 6.07 Å². The second kappa shape index (κ2) is 6.60. The maximum atomic E-state index is 8.43. The average Bonchev–Trinajstić information content (AvgIpc) is 2.27. The van der Waals surface area contributed by atoms with Crippen molar-refractivity contribution in [1.82, 2.24) is 9.80 Å². The molecule has 0 aromatic heterocycles. The number of nitriles is 1. The lowest BCUT2D eigenvalue weighted by atomic mass is 10.1. The first-order valence-corrected chi connectivity index (χ1v) is 5.77. The lowest BCUT2D eigenvalue weighted by Gasteiger charge is -2.34. The molecule has 0 spiro atoms. The van der Waals surface area contributed by atoms with Gasteiger partial charge in [-0.3, -0.25) is 0 Å². The first kappa shape index (κ1) is 12.2. The van der Waals surface area contributed by atoms with Gasteiger partial charge in [-0.25, -0.2) is 0 Å². The second-order valence-electron chi connectivity index (χ2n) is 4.20. The minimum absolute atomic E-state index is 0.484. The fraction of sp³-hybridized carbons (Fsp3) is 0.750. The molecule has 1 heterocycles. The summed E-state index contributed by atoms with van der Waals surface area (Å²) in [7, 11) is 0. The first-order valence-electron chi connectivity index (χ1n) is 5.77. The van der Waals surface area contributed by atoms with Crippen LogP contribution in [0.3, 0.4) is 0 Å². The summed E-state index contributed by atoms with van der Waals surface area (Å²) < 4.78 is 0. The normalized spacial score (nSPS) is 21.7. The fourth-order valence-electron chi connectivity index (χ4n) is 1.96. The highest BCUT2D eigenvalue weighted by atomic mass is 15.3. The van der Waals surface area contributed by atoms with Gasteiger partial charge in [0.2, 0.25) is 0 Å². The van der Waals surface area contributed by atoms with Gasteiger partial charge in [0.05, 0.1) is 6.07 Å². The van der Waals surface area contributed by atoms with Gasteiger partial charge in [-0.1, -0.05) is 19.9 Å². The number of hydrogen-bond acceptors (Lipinski definition) is 3. The van der Waals surface area contributed by atoms with Crippen LogP contribution in [0.4, 0.5) is 0 Å². The summed E-state index contributed by atoms with van der Waals surface area (Å²) in [4.78, 5) is 4.96. The Balaban J connectivity index is 2.24. The maximum Gasteiger partial charge on any atom is 0.0908 e. The molecule has 0 radical (unpaired) electrons. The van der Waals surface area contributed by atoms with Crippen molar-refractivity contribution in [3.63, 3.8) is 0 Å². The molecule has 1 fully saturated rings. The van der Waals surface area contributed by atoms with Gasteiger partial charge in [-0.2, -0.15) is 5.26 Å². The highest BCUT2D eigenvalue weighted by molar-refractivity contribution is 5.03. The fourth-order valence-corrected chi connectivity index (χ4v) is 1.96. The molecule has 3 nitrogen and oxygen atoms in total. The van der Waals surface area contributed by atoms with Crippen LogP contribution in [0.15, 0.2) is 12.2 Å². The predicted molar refractivity (Wildman–Crippen MR) is 62.5 cm³/mol. The van der Waals surface area contributed by atoms with E-state index in [-0.39, 0.29) is 0 Å². The van der Waals surface area contributed by atoms with E-state index in [9.17, 15) is 0 Å². The van der Waals surface area contributed by atoms with Gasteiger partial charge in [0.15, 0.2) is 0 Å². The summed E-state index contributed by atoms with van der Waals surface area (Å²) in [6, 6.07) is 2.04. The van der Waals surface area contributed by atoms with Crippen LogP contribution in [0.25, 0.3) is 0 Å². The van der Waals surface area contributed by atoms with Crippen LogP contribution in [-0.2, 0) is 0 Å². The van der Waals surface area contributed by atoms with Gasteiger partial charge >= 0.3 is 0 Å². The third-order valence-electron chi connectivity index (χ3n) is 2.96. The van der Waals surface area contributed by atoms with Crippen LogP contribution in [0.5, 0.6) is 0 Å². The number of piperazine rings is 1. The molecule has 15 heavy (non-hydrogen) atoms. The van der Waals surface area contributed by atoms with Crippen molar-refractivity contribution in [2.45, 2.75) is 13.8 Å². The van der Waals surface area contributed by atoms with Crippen molar-refractivity contribution in [2.24, 2.45) is 5.92 Å². The summed E-state index contributed by atoms with van der Waals surface area (Å²) in [5.41, 5.74) is 0. The van der Waals surface area contributed by atoms with Crippen LogP contribution >= 0.6 is 0 Å². The molecule has 3 heteroatoms. The number of allylic oxidation sites excluding steroid dienone is 1. The van der Waals surface area contributed by atoms with Gasteiger partial charge in [-0.15, -0.1) is 0 Å². The van der Waals surface area contributed by atoms with E-state index in [0.29, 0.717) is 5.92 Å². The molecule has 0 aliphatic carbocycles. The summed E-state index contributed by atoms with van der Waals surface area (Å²) in [5.74, 6) is 0.484. The van der Waals surface area contributed by atoms with Crippen LogP contribution in [0.1, 0.15) is 13.8 Å². The monoisotopic (exact) mass is 207 g/mol. The molecule has 1 rings (SSSR count). The smallest absolute Gasteiger partial charge is 0.0908 e. The zero-order valence-electron chi connectivity index (χ0n) is 9.82. The Kier molecular flexibility index (Phi) is 5.38. The lowest BCUT2D eigenvalue weighted by molar-refractivity contribution is 0.130. The Morgan fingerprint density at radius 1 is 1.27 bits per heavy atom. The summed E-state index contributed by atoms with van der Waals surface area (Å²) in [6.45, 7) is 11.3. The van der Waals surface area contributed by atoms with Gasteiger partial charge < -0.3 is 9.80 Å². The highest BCUT2D eigenvalue weighted by Gasteiger charge is 2.16. The molecule has 0 N–H and O–H groups in total. The second-order valence-corrected chi connectivity index (χ2v) is 4.20. The van der Waals surface area contributed by atoms with Gasteiger partial charge in [-0.05, 0) is 12.5 Å². The minimum Gasteiger partial charge on any atom is -0.301 e. The topological polar surface area (TPSA) is 30.3 Å². The number of hydrogen-bond donors (Lipinski definition) is 0. The largest absolute Gasteiger partial charge is 0.301 e. The molecule has 1 atom stereocenters. The summed E-state index contributed by atoms with van der Waals surface area (Å²) >= 11 is 0.